The number of aliphatic carboxylic acids is 1. The molecule has 1 fully saturated rings. The Morgan fingerprint density at radius 1 is 1.35 bits per heavy atom. The number of aryl methyl sites for hydroxylation is 1. The van der Waals surface area contributed by atoms with Gasteiger partial charge in [-0.2, -0.15) is 0 Å². The molecule has 0 aromatic heterocycles. The van der Waals surface area contributed by atoms with E-state index in [0.29, 0.717) is 12.3 Å². The van der Waals surface area contributed by atoms with E-state index in [-0.39, 0.29) is 5.92 Å². The highest BCUT2D eigenvalue weighted by Gasteiger charge is 2.40. The van der Waals surface area contributed by atoms with Crippen molar-refractivity contribution in [3.63, 3.8) is 0 Å². The molecule has 0 aliphatic heterocycles. The zero-order valence-corrected chi connectivity index (χ0v) is 10.1. The van der Waals surface area contributed by atoms with Gasteiger partial charge in [-0.15, -0.1) is 0 Å². The largest absolute Gasteiger partial charge is 0.481 e. The number of hydrogen-bond donors (Lipinski definition) is 1. The molecule has 0 radical (unpaired) electrons. The van der Waals surface area contributed by atoms with Crippen LogP contribution in [0.25, 0.3) is 0 Å². The number of carbonyl (C=O) groups is 1. The summed E-state index contributed by atoms with van der Waals surface area (Å²) in [4.78, 5) is 10.9. The fourth-order valence-corrected chi connectivity index (χ4v) is 3.30. The van der Waals surface area contributed by atoms with Crippen LogP contribution in [0.4, 0.5) is 0 Å². The van der Waals surface area contributed by atoms with E-state index in [1.807, 2.05) is 0 Å². The van der Waals surface area contributed by atoms with Gasteiger partial charge in [0.15, 0.2) is 0 Å². The molecule has 0 spiro atoms. The molecule has 17 heavy (non-hydrogen) atoms. The third-order valence-electron chi connectivity index (χ3n) is 4.23. The summed E-state index contributed by atoms with van der Waals surface area (Å²) in [6.07, 6.45) is 4.00. The van der Waals surface area contributed by atoms with E-state index in [2.05, 4.69) is 25.1 Å². The first-order chi connectivity index (χ1) is 8.15. The third kappa shape index (κ3) is 1.97. The molecule has 90 valence electrons. The molecular formula is C15H18O2. The monoisotopic (exact) mass is 230 g/mol. The maximum absolute atomic E-state index is 10.9. The van der Waals surface area contributed by atoms with Crippen molar-refractivity contribution in [2.45, 2.75) is 44.4 Å². The van der Waals surface area contributed by atoms with Gasteiger partial charge in [0, 0.05) is 0 Å². The Morgan fingerprint density at radius 3 is 2.76 bits per heavy atom. The average Bonchev–Trinajstić information content (AvgIpc) is 3.03. The van der Waals surface area contributed by atoms with Gasteiger partial charge in [-0.25, -0.2) is 0 Å². The second kappa shape index (κ2) is 3.86. The Balaban J connectivity index is 1.95. The first-order valence-corrected chi connectivity index (χ1v) is 6.47. The van der Waals surface area contributed by atoms with E-state index in [1.54, 1.807) is 0 Å². The lowest BCUT2D eigenvalue weighted by Crippen LogP contribution is -2.03. The van der Waals surface area contributed by atoms with Gasteiger partial charge in [0.05, 0.1) is 6.42 Å². The van der Waals surface area contributed by atoms with Crippen molar-refractivity contribution in [1.29, 1.82) is 0 Å². The summed E-state index contributed by atoms with van der Waals surface area (Å²) in [5.41, 5.74) is 4.04. The zero-order valence-electron chi connectivity index (χ0n) is 10.1. The molecular weight excluding hydrogens is 212 g/mol. The highest BCUT2D eigenvalue weighted by atomic mass is 16.4. The number of rotatable bonds is 3. The van der Waals surface area contributed by atoms with Gasteiger partial charge >= 0.3 is 5.97 Å². The summed E-state index contributed by atoms with van der Waals surface area (Å²) >= 11 is 0. The third-order valence-corrected chi connectivity index (χ3v) is 4.23. The molecule has 0 saturated heterocycles. The first-order valence-electron chi connectivity index (χ1n) is 6.47. The minimum atomic E-state index is -0.669. The standard InChI is InChI=1S/C15H18O2/c1-9-2-5-12-11(8-15(16)17)7-13(10-3-4-10)14(12)6-9/h2,5-6,10-11,13H,3-4,7-8H2,1H3,(H,16,17). The summed E-state index contributed by atoms with van der Waals surface area (Å²) in [5, 5.41) is 8.99. The van der Waals surface area contributed by atoms with Gasteiger partial charge < -0.3 is 5.11 Å². The van der Waals surface area contributed by atoms with Crippen LogP contribution in [0.2, 0.25) is 0 Å². The SMILES string of the molecule is Cc1ccc2c(c1)C(C1CC1)CC2CC(=O)O. The molecule has 2 aliphatic carbocycles. The Morgan fingerprint density at radius 2 is 2.12 bits per heavy atom. The topological polar surface area (TPSA) is 37.3 Å². The summed E-state index contributed by atoms with van der Waals surface area (Å²) in [6, 6.07) is 6.55. The van der Waals surface area contributed by atoms with Gasteiger partial charge in [-0.3, -0.25) is 4.79 Å². The van der Waals surface area contributed by atoms with E-state index in [1.165, 1.54) is 29.5 Å². The molecule has 0 heterocycles. The molecule has 3 rings (SSSR count). The highest BCUT2D eigenvalue weighted by molar-refractivity contribution is 5.68. The average molecular weight is 230 g/mol. The van der Waals surface area contributed by atoms with Gasteiger partial charge in [-0.05, 0) is 55.1 Å². The molecule has 0 amide bonds. The maximum atomic E-state index is 10.9. The Bertz CT molecular complexity index is 460. The normalized spacial score (nSPS) is 26.9. The highest BCUT2D eigenvalue weighted by Crippen LogP contribution is 2.54. The van der Waals surface area contributed by atoms with E-state index in [9.17, 15) is 4.79 Å². The van der Waals surface area contributed by atoms with Crippen LogP contribution >= 0.6 is 0 Å². The predicted octanol–water partition coefficient (Wildman–Crippen LogP) is 3.45. The van der Waals surface area contributed by atoms with Crippen molar-refractivity contribution in [3.8, 4) is 0 Å². The summed E-state index contributed by atoms with van der Waals surface area (Å²) in [6.45, 7) is 2.12. The lowest BCUT2D eigenvalue weighted by atomic mass is 9.95. The van der Waals surface area contributed by atoms with Crippen molar-refractivity contribution >= 4 is 5.97 Å². The zero-order chi connectivity index (χ0) is 12.0. The van der Waals surface area contributed by atoms with Crippen LogP contribution < -0.4 is 0 Å². The Labute approximate surface area is 102 Å². The van der Waals surface area contributed by atoms with E-state index in [4.69, 9.17) is 5.11 Å². The molecule has 2 unspecified atom stereocenters. The fraction of sp³-hybridized carbons (Fsp3) is 0.533. The number of benzene rings is 1. The molecule has 1 N–H and O–H groups in total. The lowest BCUT2D eigenvalue weighted by molar-refractivity contribution is -0.137. The molecule has 2 heteroatoms. The quantitative estimate of drug-likeness (QED) is 0.863. The summed E-state index contributed by atoms with van der Waals surface area (Å²) in [5.74, 6) is 1.04. The van der Waals surface area contributed by atoms with Crippen LogP contribution in [-0.2, 0) is 4.79 Å². The van der Waals surface area contributed by atoms with Gasteiger partial charge in [-0.1, -0.05) is 23.8 Å². The van der Waals surface area contributed by atoms with Gasteiger partial charge in [0.1, 0.15) is 0 Å². The first kappa shape index (κ1) is 10.8. The number of fused-ring (bicyclic) bond motifs is 1. The second-order valence-electron chi connectivity index (χ2n) is 5.61. The van der Waals surface area contributed by atoms with E-state index in [0.717, 1.165) is 12.3 Å². The van der Waals surface area contributed by atoms with Crippen LogP contribution in [0.3, 0.4) is 0 Å². The molecule has 1 saturated carbocycles. The number of hydrogen-bond acceptors (Lipinski definition) is 1. The summed E-state index contributed by atoms with van der Waals surface area (Å²) in [7, 11) is 0. The van der Waals surface area contributed by atoms with Crippen molar-refractivity contribution in [1.82, 2.24) is 0 Å². The van der Waals surface area contributed by atoms with Gasteiger partial charge in [0.25, 0.3) is 0 Å². The van der Waals surface area contributed by atoms with Crippen LogP contribution in [0.5, 0.6) is 0 Å². The number of carboxylic acid groups (broad SMARTS) is 1. The maximum Gasteiger partial charge on any atom is 0.303 e. The molecule has 2 aliphatic rings. The van der Waals surface area contributed by atoms with Crippen molar-refractivity contribution in [2.24, 2.45) is 5.92 Å². The molecule has 1 aromatic rings. The lowest BCUT2D eigenvalue weighted by Gasteiger charge is -2.09. The van der Waals surface area contributed by atoms with E-state index >= 15 is 0 Å². The van der Waals surface area contributed by atoms with Crippen molar-refractivity contribution < 1.29 is 9.90 Å². The van der Waals surface area contributed by atoms with Crippen LogP contribution in [0.1, 0.15) is 54.2 Å². The summed E-state index contributed by atoms with van der Waals surface area (Å²) < 4.78 is 0. The predicted molar refractivity (Wildman–Crippen MR) is 66.3 cm³/mol. The van der Waals surface area contributed by atoms with Crippen LogP contribution in [0, 0.1) is 12.8 Å². The smallest absolute Gasteiger partial charge is 0.303 e. The van der Waals surface area contributed by atoms with Crippen molar-refractivity contribution in [3.05, 3.63) is 34.9 Å². The Kier molecular flexibility index (Phi) is 2.46. The van der Waals surface area contributed by atoms with Crippen LogP contribution in [-0.4, -0.2) is 11.1 Å². The minimum absolute atomic E-state index is 0.244. The molecule has 1 aromatic carbocycles. The van der Waals surface area contributed by atoms with Crippen molar-refractivity contribution in [2.75, 3.05) is 0 Å². The van der Waals surface area contributed by atoms with Gasteiger partial charge in [0.2, 0.25) is 0 Å². The van der Waals surface area contributed by atoms with Crippen LogP contribution in [0.15, 0.2) is 18.2 Å². The fourth-order valence-electron chi connectivity index (χ4n) is 3.30. The molecule has 2 nitrogen and oxygen atoms in total. The minimum Gasteiger partial charge on any atom is -0.481 e. The van der Waals surface area contributed by atoms with E-state index < -0.39 is 5.97 Å². The second-order valence-corrected chi connectivity index (χ2v) is 5.61. The number of carboxylic acids is 1. The molecule has 2 atom stereocenters. The molecule has 0 bridgehead atoms. The Hall–Kier alpha value is -1.31.